The number of nitrogens with one attached hydrogen (secondary N) is 1. The lowest BCUT2D eigenvalue weighted by Gasteiger charge is -2.18. The highest BCUT2D eigenvalue weighted by atomic mass is 32.2. The summed E-state index contributed by atoms with van der Waals surface area (Å²) < 4.78 is 10.2. The molecule has 152 valence electrons. The van der Waals surface area contributed by atoms with Crippen molar-refractivity contribution in [1.82, 2.24) is 5.32 Å². The quantitative estimate of drug-likeness (QED) is 0.697. The molecule has 0 spiro atoms. The number of ether oxygens (including phenoxy) is 2. The predicted molar refractivity (Wildman–Crippen MR) is 112 cm³/mol. The Bertz CT molecular complexity index is 868. The van der Waals surface area contributed by atoms with Crippen molar-refractivity contribution in [3.63, 3.8) is 0 Å². The van der Waals surface area contributed by atoms with Gasteiger partial charge in [0.25, 0.3) is 0 Å². The molecule has 1 unspecified atom stereocenters. The first-order valence-corrected chi connectivity index (χ1v) is 10.3. The second-order valence-corrected chi connectivity index (χ2v) is 7.95. The maximum absolute atomic E-state index is 12.4. The molecule has 0 heterocycles. The summed E-state index contributed by atoms with van der Waals surface area (Å²) in [5, 5.41) is 2.59. The van der Waals surface area contributed by atoms with Gasteiger partial charge >= 0.3 is 12.1 Å². The van der Waals surface area contributed by atoms with Crippen molar-refractivity contribution >= 4 is 28.9 Å². The van der Waals surface area contributed by atoms with E-state index in [1.165, 1.54) is 14.0 Å². The molecule has 1 N–H and O–H groups in total. The monoisotopic (exact) mass is 413 g/mol. The molecule has 0 bridgehead atoms. The Morgan fingerprint density at radius 2 is 1.62 bits per heavy atom. The van der Waals surface area contributed by atoms with E-state index >= 15 is 0 Å². The number of amides is 1. The maximum atomic E-state index is 12.4. The molecule has 3 rings (SSSR count). The van der Waals surface area contributed by atoms with Crippen molar-refractivity contribution in [2.24, 2.45) is 0 Å². The van der Waals surface area contributed by atoms with Crippen LogP contribution in [0, 0.1) is 0 Å². The molecular weight excluding hydrogens is 390 g/mol. The summed E-state index contributed by atoms with van der Waals surface area (Å²) in [5.41, 5.74) is 4.55. The number of alkyl carbamates (subject to hydrolysis) is 1. The third-order valence-electron chi connectivity index (χ3n) is 4.79. The third kappa shape index (κ3) is 5.17. The number of esters is 1. The maximum Gasteiger partial charge on any atom is 0.407 e. The van der Waals surface area contributed by atoms with Crippen LogP contribution in [0.4, 0.5) is 4.79 Å². The summed E-state index contributed by atoms with van der Waals surface area (Å²) in [5.74, 6) is -0.230. The molecule has 0 saturated heterocycles. The van der Waals surface area contributed by atoms with Gasteiger partial charge in [-0.05, 0) is 22.3 Å². The molecule has 0 fully saturated rings. The van der Waals surface area contributed by atoms with Crippen molar-refractivity contribution in [3.8, 4) is 11.1 Å². The SMILES string of the molecule is COC(=O)CC(CSC(C)=O)NC(=O)OCC1c2ccccc2-c2ccccc21. The predicted octanol–water partition coefficient (Wildman–Crippen LogP) is 3.74. The van der Waals surface area contributed by atoms with Crippen molar-refractivity contribution in [1.29, 1.82) is 0 Å². The minimum Gasteiger partial charge on any atom is -0.469 e. The highest BCUT2D eigenvalue weighted by Gasteiger charge is 2.29. The molecule has 1 aliphatic rings. The molecule has 7 heteroatoms. The number of carbonyl (C=O) groups is 3. The van der Waals surface area contributed by atoms with Crippen LogP contribution in [-0.4, -0.2) is 42.7 Å². The Morgan fingerprint density at radius 1 is 1.03 bits per heavy atom. The molecule has 1 amide bonds. The average Bonchev–Trinajstić information content (AvgIpc) is 3.04. The van der Waals surface area contributed by atoms with E-state index < -0.39 is 18.1 Å². The molecule has 1 aliphatic carbocycles. The molecule has 0 radical (unpaired) electrons. The van der Waals surface area contributed by atoms with Crippen molar-refractivity contribution < 1.29 is 23.9 Å². The van der Waals surface area contributed by atoms with Crippen LogP contribution >= 0.6 is 11.8 Å². The van der Waals surface area contributed by atoms with E-state index in [0.717, 1.165) is 34.0 Å². The molecule has 2 aromatic rings. The molecule has 1 atom stereocenters. The van der Waals surface area contributed by atoms with Crippen molar-refractivity contribution in [3.05, 3.63) is 59.7 Å². The van der Waals surface area contributed by atoms with E-state index in [0.29, 0.717) is 0 Å². The Kier molecular flexibility index (Phi) is 6.93. The molecule has 0 aliphatic heterocycles. The highest BCUT2D eigenvalue weighted by molar-refractivity contribution is 8.13. The molecule has 6 nitrogen and oxygen atoms in total. The topological polar surface area (TPSA) is 81.7 Å². The summed E-state index contributed by atoms with van der Waals surface area (Å²) >= 11 is 1.04. The summed E-state index contributed by atoms with van der Waals surface area (Å²) in [6.07, 6.45) is -0.647. The fraction of sp³-hybridized carbons (Fsp3) is 0.318. The Hall–Kier alpha value is -2.80. The molecule has 29 heavy (non-hydrogen) atoms. The standard InChI is InChI=1S/C22H23NO5S/c1-14(24)29-13-15(11-21(25)27-2)23-22(26)28-12-20-18-9-5-3-7-16(18)17-8-4-6-10-19(17)20/h3-10,15,20H,11-13H2,1-2H3,(H,23,26). The van der Waals surface area contributed by atoms with Crippen molar-refractivity contribution in [2.75, 3.05) is 19.5 Å². The largest absolute Gasteiger partial charge is 0.469 e. The first kappa shape index (κ1) is 20.9. The number of thioether (sulfide) groups is 1. The van der Waals surface area contributed by atoms with E-state index in [2.05, 4.69) is 22.2 Å². The number of benzene rings is 2. The molecule has 2 aromatic carbocycles. The van der Waals surface area contributed by atoms with Crippen molar-refractivity contribution in [2.45, 2.75) is 25.3 Å². The lowest BCUT2D eigenvalue weighted by molar-refractivity contribution is -0.141. The van der Waals surface area contributed by atoms with E-state index in [9.17, 15) is 14.4 Å². The van der Waals surface area contributed by atoms with Gasteiger partial charge in [0, 0.05) is 18.6 Å². The van der Waals surface area contributed by atoms with Gasteiger partial charge in [-0.2, -0.15) is 0 Å². The Morgan fingerprint density at radius 3 is 2.17 bits per heavy atom. The first-order valence-electron chi connectivity index (χ1n) is 9.31. The zero-order valence-corrected chi connectivity index (χ0v) is 17.2. The van der Waals surface area contributed by atoms with Gasteiger partial charge in [0.2, 0.25) is 0 Å². The van der Waals surface area contributed by atoms with Crippen LogP contribution in [0.2, 0.25) is 0 Å². The average molecular weight is 413 g/mol. The van der Waals surface area contributed by atoms with Crippen LogP contribution in [0.1, 0.15) is 30.4 Å². The van der Waals surface area contributed by atoms with E-state index in [4.69, 9.17) is 4.74 Å². The number of rotatable bonds is 7. The van der Waals surface area contributed by atoms with E-state index in [-0.39, 0.29) is 29.8 Å². The normalized spacial score (nSPS) is 13.2. The van der Waals surface area contributed by atoms with E-state index in [1.54, 1.807) is 0 Å². The Balaban J connectivity index is 1.65. The van der Waals surface area contributed by atoms with Gasteiger partial charge in [-0.15, -0.1) is 0 Å². The number of hydrogen-bond donors (Lipinski definition) is 1. The van der Waals surface area contributed by atoms with Gasteiger partial charge in [-0.25, -0.2) is 4.79 Å². The molecular formula is C22H23NO5S. The molecule has 0 saturated carbocycles. The third-order valence-corrected chi connectivity index (χ3v) is 5.77. The lowest BCUT2D eigenvalue weighted by Crippen LogP contribution is -2.39. The van der Waals surface area contributed by atoms with Crippen LogP contribution in [0.5, 0.6) is 0 Å². The minimum atomic E-state index is -0.620. The number of fused-ring (bicyclic) bond motifs is 3. The summed E-state index contributed by atoms with van der Waals surface area (Å²) in [6, 6.07) is 15.6. The summed E-state index contributed by atoms with van der Waals surface area (Å²) in [6.45, 7) is 1.62. The molecule has 0 aromatic heterocycles. The van der Waals surface area contributed by atoms with Crippen LogP contribution < -0.4 is 5.32 Å². The second-order valence-electron chi connectivity index (χ2n) is 6.75. The number of carbonyl (C=O) groups excluding carboxylic acids is 3. The fourth-order valence-electron chi connectivity index (χ4n) is 3.46. The van der Waals surface area contributed by atoms with Gasteiger partial charge in [0.05, 0.1) is 19.6 Å². The zero-order valence-electron chi connectivity index (χ0n) is 16.3. The Labute approximate surface area is 174 Å². The highest BCUT2D eigenvalue weighted by Crippen LogP contribution is 2.44. The second kappa shape index (κ2) is 9.60. The summed E-state index contributed by atoms with van der Waals surface area (Å²) in [7, 11) is 1.28. The van der Waals surface area contributed by atoms with Crippen LogP contribution in [-0.2, 0) is 19.1 Å². The van der Waals surface area contributed by atoms with E-state index in [1.807, 2.05) is 36.4 Å². The smallest absolute Gasteiger partial charge is 0.407 e. The number of methoxy groups -OCH3 is 1. The lowest BCUT2D eigenvalue weighted by atomic mass is 9.98. The van der Waals surface area contributed by atoms with Crippen LogP contribution in [0.25, 0.3) is 11.1 Å². The van der Waals surface area contributed by atoms with Gasteiger partial charge in [0.1, 0.15) is 6.61 Å². The van der Waals surface area contributed by atoms with Gasteiger partial charge in [-0.1, -0.05) is 60.3 Å². The summed E-state index contributed by atoms with van der Waals surface area (Å²) in [4.78, 5) is 35.2. The fourth-order valence-corrected chi connectivity index (χ4v) is 4.10. The first-order chi connectivity index (χ1) is 14.0. The minimum absolute atomic E-state index is 0.0268. The van der Waals surface area contributed by atoms with Gasteiger partial charge < -0.3 is 14.8 Å². The van der Waals surface area contributed by atoms with Gasteiger partial charge in [0.15, 0.2) is 5.12 Å². The van der Waals surface area contributed by atoms with Gasteiger partial charge in [-0.3, -0.25) is 9.59 Å². The van der Waals surface area contributed by atoms with Crippen LogP contribution in [0.3, 0.4) is 0 Å². The zero-order chi connectivity index (χ0) is 20.8. The van der Waals surface area contributed by atoms with Crippen LogP contribution in [0.15, 0.2) is 48.5 Å². The number of hydrogen-bond acceptors (Lipinski definition) is 6.